The summed E-state index contributed by atoms with van der Waals surface area (Å²) in [7, 11) is 0. The van der Waals surface area contributed by atoms with Crippen molar-refractivity contribution in [2.24, 2.45) is 5.41 Å². The third kappa shape index (κ3) is 1.67. The zero-order valence-electron chi connectivity index (χ0n) is 9.14. The third-order valence-corrected chi connectivity index (χ3v) is 3.71. The van der Waals surface area contributed by atoms with E-state index in [9.17, 15) is 0 Å². The number of hydrogen-bond acceptors (Lipinski definition) is 1. The van der Waals surface area contributed by atoms with E-state index < -0.39 is 0 Å². The van der Waals surface area contributed by atoms with Crippen molar-refractivity contribution in [1.82, 2.24) is 4.90 Å². The van der Waals surface area contributed by atoms with E-state index >= 15 is 0 Å². The van der Waals surface area contributed by atoms with Crippen molar-refractivity contribution in [2.75, 3.05) is 13.1 Å². The molecule has 2 aliphatic rings. The lowest BCUT2D eigenvalue weighted by Crippen LogP contribution is -2.44. The minimum atomic E-state index is 0.634. The van der Waals surface area contributed by atoms with Crippen LogP contribution in [0.3, 0.4) is 0 Å². The smallest absolute Gasteiger partial charge is 0.00386 e. The fourth-order valence-corrected chi connectivity index (χ4v) is 2.86. The Hall–Kier alpha value is -0.300. The average Bonchev–Trinajstić information content (AvgIpc) is 2.03. The molecule has 0 atom stereocenters. The second-order valence-electron chi connectivity index (χ2n) is 5.16. The van der Waals surface area contributed by atoms with Crippen LogP contribution in [-0.2, 0) is 0 Å². The summed E-state index contributed by atoms with van der Waals surface area (Å²) in [5, 5.41) is 0. The van der Waals surface area contributed by atoms with Crippen LogP contribution >= 0.6 is 0 Å². The van der Waals surface area contributed by atoms with Gasteiger partial charge < -0.3 is 4.90 Å². The van der Waals surface area contributed by atoms with Crippen molar-refractivity contribution in [2.45, 2.75) is 46.1 Å². The zero-order valence-corrected chi connectivity index (χ0v) is 9.14. The third-order valence-electron chi connectivity index (χ3n) is 3.71. The summed E-state index contributed by atoms with van der Waals surface area (Å²) in [5.74, 6) is 0. The molecule has 1 saturated heterocycles. The van der Waals surface area contributed by atoms with E-state index in [2.05, 4.69) is 31.7 Å². The van der Waals surface area contributed by atoms with Crippen molar-refractivity contribution in [3.8, 4) is 0 Å². The van der Waals surface area contributed by atoms with Crippen LogP contribution in [0, 0.1) is 5.41 Å². The summed E-state index contributed by atoms with van der Waals surface area (Å²) in [6, 6.07) is 0.738. The van der Waals surface area contributed by atoms with Gasteiger partial charge in [-0.05, 0) is 58.5 Å². The van der Waals surface area contributed by atoms with Gasteiger partial charge in [0.1, 0.15) is 0 Å². The predicted octanol–water partition coefficient (Wildman–Crippen LogP) is 2.83. The number of hydrogen-bond donors (Lipinski definition) is 0. The average molecular weight is 179 g/mol. The Morgan fingerprint density at radius 2 is 1.85 bits per heavy atom. The molecule has 1 aliphatic heterocycles. The molecule has 0 aromatic carbocycles. The van der Waals surface area contributed by atoms with Gasteiger partial charge in [0.25, 0.3) is 0 Å². The van der Waals surface area contributed by atoms with Crippen LogP contribution in [0.15, 0.2) is 11.6 Å². The molecule has 2 rings (SSSR count). The van der Waals surface area contributed by atoms with E-state index in [1.807, 2.05) is 0 Å². The van der Waals surface area contributed by atoms with Gasteiger partial charge in [0, 0.05) is 6.04 Å². The molecule has 0 bridgehead atoms. The second-order valence-corrected chi connectivity index (χ2v) is 5.16. The highest BCUT2D eigenvalue weighted by Gasteiger charge is 2.38. The molecule has 0 aromatic heterocycles. The van der Waals surface area contributed by atoms with Crippen LogP contribution in [0.2, 0.25) is 0 Å². The molecule has 0 unspecified atom stereocenters. The highest BCUT2D eigenvalue weighted by molar-refractivity contribution is 5.22. The molecule has 1 spiro atoms. The van der Waals surface area contributed by atoms with Gasteiger partial charge in [0.2, 0.25) is 0 Å². The molecule has 0 amide bonds. The fraction of sp³-hybridized carbons (Fsp3) is 0.833. The number of rotatable bonds is 1. The molecular formula is C12H21N. The van der Waals surface area contributed by atoms with Gasteiger partial charge in [0.15, 0.2) is 0 Å². The Labute approximate surface area is 81.8 Å². The van der Waals surface area contributed by atoms with E-state index in [4.69, 9.17) is 0 Å². The standard InChI is InChI=1S/C12H21N/c1-10(2)13-6-4-12(5-7-13)8-11(3)9-12/h8,10H,4-7,9H2,1-3H3. The van der Waals surface area contributed by atoms with Crippen molar-refractivity contribution in [3.05, 3.63) is 11.6 Å². The summed E-state index contributed by atoms with van der Waals surface area (Å²) >= 11 is 0. The van der Waals surface area contributed by atoms with Gasteiger partial charge >= 0.3 is 0 Å². The molecule has 0 N–H and O–H groups in total. The molecule has 13 heavy (non-hydrogen) atoms. The summed E-state index contributed by atoms with van der Waals surface area (Å²) in [6.07, 6.45) is 6.68. The fourth-order valence-electron chi connectivity index (χ4n) is 2.86. The first-order valence-electron chi connectivity index (χ1n) is 5.54. The van der Waals surface area contributed by atoms with Crippen molar-refractivity contribution >= 4 is 0 Å². The lowest BCUT2D eigenvalue weighted by atomic mass is 9.65. The second kappa shape index (κ2) is 3.13. The molecule has 1 aliphatic carbocycles. The predicted molar refractivity (Wildman–Crippen MR) is 56.8 cm³/mol. The SMILES string of the molecule is CC1=CC2(CCN(C(C)C)CC2)C1. The van der Waals surface area contributed by atoms with Gasteiger partial charge in [-0.1, -0.05) is 11.6 Å². The Morgan fingerprint density at radius 1 is 1.31 bits per heavy atom. The summed E-state index contributed by atoms with van der Waals surface area (Å²) in [5.41, 5.74) is 2.24. The van der Waals surface area contributed by atoms with Crippen LogP contribution in [0.1, 0.15) is 40.0 Å². The quantitative estimate of drug-likeness (QED) is 0.559. The molecule has 74 valence electrons. The topological polar surface area (TPSA) is 3.24 Å². The van der Waals surface area contributed by atoms with E-state index in [1.165, 1.54) is 32.4 Å². The van der Waals surface area contributed by atoms with Crippen LogP contribution < -0.4 is 0 Å². The summed E-state index contributed by atoms with van der Waals surface area (Å²) in [6.45, 7) is 9.49. The molecule has 0 saturated carbocycles. The summed E-state index contributed by atoms with van der Waals surface area (Å²) in [4.78, 5) is 2.60. The van der Waals surface area contributed by atoms with Gasteiger partial charge in [-0.3, -0.25) is 0 Å². The van der Waals surface area contributed by atoms with Gasteiger partial charge in [-0.15, -0.1) is 0 Å². The summed E-state index contributed by atoms with van der Waals surface area (Å²) < 4.78 is 0. The van der Waals surface area contributed by atoms with E-state index in [-0.39, 0.29) is 0 Å². The maximum atomic E-state index is 2.60. The number of piperidine rings is 1. The Kier molecular flexibility index (Phi) is 2.23. The van der Waals surface area contributed by atoms with Crippen molar-refractivity contribution < 1.29 is 0 Å². The monoisotopic (exact) mass is 179 g/mol. The van der Waals surface area contributed by atoms with Crippen LogP contribution in [0.5, 0.6) is 0 Å². The molecule has 1 heteroatoms. The molecule has 1 fully saturated rings. The van der Waals surface area contributed by atoms with Crippen LogP contribution in [-0.4, -0.2) is 24.0 Å². The highest BCUT2D eigenvalue weighted by atomic mass is 15.2. The Balaban J connectivity index is 1.91. The molecule has 1 heterocycles. The maximum Gasteiger partial charge on any atom is 0.00386 e. The van der Waals surface area contributed by atoms with Crippen molar-refractivity contribution in [1.29, 1.82) is 0 Å². The highest BCUT2D eigenvalue weighted by Crippen LogP contribution is 2.46. The first-order chi connectivity index (χ1) is 6.11. The minimum absolute atomic E-state index is 0.634. The number of allylic oxidation sites excluding steroid dienone is 2. The van der Waals surface area contributed by atoms with Gasteiger partial charge in [0.05, 0.1) is 0 Å². The largest absolute Gasteiger partial charge is 0.301 e. The normalized spacial score (nSPS) is 27.5. The minimum Gasteiger partial charge on any atom is -0.301 e. The first kappa shape index (κ1) is 9.26. The number of likely N-dealkylation sites (tertiary alicyclic amines) is 1. The van der Waals surface area contributed by atoms with E-state index in [1.54, 1.807) is 5.57 Å². The number of nitrogens with zero attached hydrogens (tertiary/aromatic N) is 1. The lowest BCUT2D eigenvalue weighted by molar-refractivity contribution is 0.101. The molecule has 1 nitrogen and oxygen atoms in total. The molecule has 0 aromatic rings. The van der Waals surface area contributed by atoms with E-state index in [0.29, 0.717) is 5.41 Å². The van der Waals surface area contributed by atoms with Gasteiger partial charge in [-0.25, -0.2) is 0 Å². The van der Waals surface area contributed by atoms with Gasteiger partial charge in [-0.2, -0.15) is 0 Å². The van der Waals surface area contributed by atoms with Crippen LogP contribution in [0.4, 0.5) is 0 Å². The van der Waals surface area contributed by atoms with E-state index in [0.717, 1.165) is 6.04 Å². The maximum absolute atomic E-state index is 2.60. The molecule has 0 radical (unpaired) electrons. The molecular weight excluding hydrogens is 158 g/mol. The Bertz CT molecular complexity index is 219. The van der Waals surface area contributed by atoms with Crippen LogP contribution in [0.25, 0.3) is 0 Å². The first-order valence-corrected chi connectivity index (χ1v) is 5.54. The zero-order chi connectivity index (χ0) is 9.47. The van der Waals surface area contributed by atoms with Crippen molar-refractivity contribution in [3.63, 3.8) is 0 Å². The lowest BCUT2D eigenvalue weighted by Gasteiger charge is -2.46. The Morgan fingerprint density at radius 3 is 2.23 bits per heavy atom.